The van der Waals surface area contributed by atoms with Crippen molar-refractivity contribution in [2.24, 2.45) is 0 Å². The summed E-state index contributed by atoms with van der Waals surface area (Å²) in [5, 5.41) is 9.62. The lowest BCUT2D eigenvalue weighted by molar-refractivity contribution is 0.885. The molecule has 0 saturated carbocycles. The van der Waals surface area contributed by atoms with E-state index < -0.39 is 0 Å². The molecule has 1 aromatic rings. The molecule has 0 radical (unpaired) electrons. The number of aromatic nitrogens is 2. The van der Waals surface area contributed by atoms with Crippen LogP contribution in [0.3, 0.4) is 0 Å². The molecule has 4 nitrogen and oxygen atoms in total. The predicted octanol–water partition coefficient (Wildman–Crippen LogP) is 0.812. The van der Waals surface area contributed by atoms with Crippen LogP contribution in [-0.4, -0.2) is 16.2 Å². The first kappa shape index (κ1) is 6.92. The zero-order valence-electron chi connectivity index (χ0n) is 6.18. The molecule has 0 atom stereocenters. The van der Waals surface area contributed by atoms with E-state index in [1.807, 2.05) is 13.8 Å². The van der Waals surface area contributed by atoms with Crippen molar-refractivity contribution < 1.29 is 0 Å². The number of hydrogen-bond donors (Lipinski definition) is 3. The van der Waals surface area contributed by atoms with Gasteiger partial charge in [-0.3, -0.25) is 5.10 Å². The first-order valence-corrected chi connectivity index (χ1v) is 3.25. The average Bonchev–Trinajstić information content (AvgIpc) is 2.15. The van der Waals surface area contributed by atoms with Gasteiger partial charge in [-0.1, -0.05) is 0 Å². The van der Waals surface area contributed by atoms with Crippen LogP contribution in [0.4, 0.5) is 11.5 Å². The van der Waals surface area contributed by atoms with E-state index in [0.29, 0.717) is 11.7 Å². The second kappa shape index (κ2) is 2.60. The van der Waals surface area contributed by atoms with Crippen molar-refractivity contribution in [3.05, 3.63) is 6.20 Å². The lowest BCUT2D eigenvalue weighted by atomic mass is 10.4. The SMILES string of the molecule is CC(C)Nc1[nH]ncc1N. The van der Waals surface area contributed by atoms with Gasteiger partial charge in [0.2, 0.25) is 0 Å². The third kappa shape index (κ3) is 1.40. The number of nitrogens with two attached hydrogens (primary N) is 1. The fraction of sp³-hybridized carbons (Fsp3) is 0.500. The normalized spacial score (nSPS) is 10.3. The molecule has 0 aliphatic rings. The van der Waals surface area contributed by atoms with Gasteiger partial charge in [-0.2, -0.15) is 5.10 Å². The van der Waals surface area contributed by atoms with Gasteiger partial charge in [-0.25, -0.2) is 0 Å². The number of nitrogen functional groups attached to an aromatic ring is 1. The molecule has 0 amide bonds. The summed E-state index contributed by atoms with van der Waals surface area (Å²) in [5.41, 5.74) is 6.19. The summed E-state index contributed by atoms with van der Waals surface area (Å²) < 4.78 is 0. The molecule has 0 aromatic carbocycles. The largest absolute Gasteiger partial charge is 0.394 e. The smallest absolute Gasteiger partial charge is 0.145 e. The molecule has 0 unspecified atom stereocenters. The highest BCUT2D eigenvalue weighted by Crippen LogP contribution is 2.12. The van der Waals surface area contributed by atoms with Gasteiger partial charge in [0, 0.05) is 6.04 Å². The number of nitrogens with zero attached hydrogens (tertiary/aromatic N) is 1. The van der Waals surface area contributed by atoms with Gasteiger partial charge in [0.1, 0.15) is 5.82 Å². The van der Waals surface area contributed by atoms with Crippen LogP contribution in [0.25, 0.3) is 0 Å². The van der Waals surface area contributed by atoms with Gasteiger partial charge in [0.05, 0.1) is 11.9 Å². The summed E-state index contributed by atoms with van der Waals surface area (Å²) in [6.45, 7) is 4.08. The quantitative estimate of drug-likeness (QED) is 0.569. The van der Waals surface area contributed by atoms with Gasteiger partial charge in [0.15, 0.2) is 0 Å². The summed E-state index contributed by atoms with van der Waals surface area (Å²) in [6.07, 6.45) is 1.59. The van der Waals surface area contributed by atoms with Crippen LogP contribution in [-0.2, 0) is 0 Å². The van der Waals surface area contributed by atoms with Gasteiger partial charge in [-0.05, 0) is 13.8 Å². The molecule has 10 heavy (non-hydrogen) atoms. The molecule has 1 aromatic heterocycles. The summed E-state index contributed by atoms with van der Waals surface area (Å²) in [6, 6.07) is 0.378. The van der Waals surface area contributed by atoms with Crippen LogP contribution >= 0.6 is 0 Å². The number of anilines is 2. The summed E-state index contributed by atoms with van der Waals surface area (Å²) in [4.78, 5) is 0. The first-order chi connectivity index (χ1) is 4.70. The van der Waals surface area contributed by atoms with Crippen molar-refractivity contribution in [1.29, 1.82) is 0 Å². The summed E-state index contributed by atoms with van der Waals surface area (Å²) >= 11 is 0. The highest BCUT2D eigenvalue weighted by molar-refractivity contribution is 5.59. The third-order valence-electron chi connectivity index (χ3n) is 1.10. The highest BCUT2D eigenvalue weighted by atomic mass is 15.2. The van der Waals surface area contributed by atoms with Gasteiger partial charge in [0.25, 0.3) is 0 Å². The van der Waals surface area contributed by atoms with Crippen LogP contribution in [0.1, 0.15) is 13.8 Å². The molecule has 4 heteroatoms. The van der Waals surface area contributed by atoms with Crippen molar-refractivity contribution in [3.63, 3.8) is 0 Å². The van der Waals surface area contributed by atoms with Crippen LogP contribution in [0, 0.1) is 0 Å². The molecule has 0 aliphatic heterocycles. The van der Waals surface area contributed by atoms with Crippen molar-refractivity contribution in [2.45, 2.75) is 19.9 Å². The Hall–Kier alpha value is -1.19. The Labute approximate surface area is 59.8 Å². The number of nitrogens with one attached hydrogen (secondary N) is 2. The minimum absolute atomic E-state index is 0.378. The van der Waals surface area contributed by atoms with Crippen LogP contribution in [0.15, 0.2) is 6.20 Å². The fourth-order valence-corrected chi connectivity index (χ4v) is 0.700. The van der Waals surface area contributed by atoms with E-state index in [9.17, 15) is 0 Å². The van der Waals surface area contributed by atoms with Gasteiger partial charge >= 0.3 is 0 Å². The van der Waals surface area contributed by atoms with E-state index in [4.69, 9.17) is 5.73 Å². The Kier molecular flexibility index (Phi) is 1.80. The van der Waals surface area contributed by atoms with Crippen LogP contribution < -0.4 is 11.1 Å². The maximum atomic E-state index is 5.53. The van der Waals surface area contributed by atoms with Crippen LogP contribution in [0.5, 0.6) is 0 Å². The van der Waals surface area contributed by atoms with Crippen molar-refractivity contribution >= 4 is 11.5 Å². The Bertz CT molecular complexity index is 203. The molecule has 0 aliphatic carbocycles. The number of rotatable bonds is 2. The first-order valence-electron chi connectivity index (χ1n) is 3.25. The molecule has 0 bridgehead atoms. The van der Waals surface area contributed by atoms with Crippen molar-refractivity contribution in [2.75, 3.05) is 11.1 Å². The Balaban J connectivity index is 2.65. The van der Waals surface area contributed by atoms with E-state index >= 15 is 0 Å². The minimum Gasteiger partial charge on any atom is -0.394 e. The number of hydrogen-bond acceptors (Lipinski definition) is 3. The molecule has 1 heterocycles. The van der Waals surface area contributed by atoms with Crippen molar-refractivity contribution in [3.8, 4) is 0 Å². The number of H-pyrrole nitrogens is 1. The standard InChI is InChI=1S/C6H12N4/c1-4(2)9-6-5(7)3-8-10-6/h3-4H,7H2,1-2H3,(H2,8,9,10). The van der Waals surface area contributed by atoms with Gasteiger partial charge in [-0.15, -0.1) is 0 Å². The van der Waals surface area contributed by atoms with Crippen LogP contribution in [0.2, 0.25) is 0 Å². The molecular weight excluding hydrogens is 128 g/mol. The average molecular weight is 140 g/mol. The molecule has 0 spiro atoms. The molecular formula is C6H12N4. The summed E-state index contributed by atoms with van der Waals surface area (Å²) in [5.74, 6) is 0.801. The second-order valence-corrected chi connectivity index (χ2v) is 2.50. The van der Waals surface area contributed by atoms with E-state index in [0.717, 1.165) is 5.82 Å². The molecule has 0 saturated heterocycles. The predicted molar refractivity (Wildman–Crippen MR) is 41.8 cm³/mol. The lowest BCUT2D eigenvalue weighted by Crippen LogP contribution is -2.11. The minimum atomic E-state index is 0.378. The Morgan fingerprint density at radius 1 is 1.70 bits per heavy atom. The fourth-order valence-electron chi connectivity index (χ4n) is 0.700. The van der Waals surface area contributed by atoms with E-state index in [1.54, 1.807) is 6.20 Å². The topological polar surface area (TPSA) is 66.7 Å². The van der Waals surface area contributed by atoms with E-state index in [2.05, 4.69) is 15.5 Å². The Morgan fingerprint density at radius 3 is 2.80 bits per heavy atom. The zero-order valence-corrected chi connectivity index (χ0v) is 6.18. The lowest BCUT2D eigenvalue weighted by Gasteiger charge is -2.06. The monoisotopic (exact) mass is 140 g/mol. The Morgan fingerprint density at radius 2 is 2.40 bits per heavy atom. The molecule has 56 valence electrons. The molecule has 1 rings (SSSR count). The third-order valence-corrected chi connectivity index (χ3v) is 1.10. The molecule has 0 fully saturated rings. The van der Waals surface area contributed by atoms with E-state index in [-0.39, 0.29) is 0 Å². The van der Waals surface area contributed by atoms with Gasteiger partial charge < -0.3 is 11.1 Å². The maximum Gasteiger partial charge on any atom is 0.145 e. The highest BCUT2D eigenvalue weighted by Gasteiger charge is 2.00. The van der Waals surface area contributed by atoms with Crippen molar-refractivity contribution in [1.82, 2.24) is 10.2 Å². The maximum absolute atomic E-state index is 5.53. The zero-order chi connectivity index (χ0) is 7.56. The number of aromatic amines is 1. The second-order valence-electron chi connectivity index (χ2n) is 2.50. The molecule has 4 N–H and O–H groups in total. The van der Waals surface area contributed by atoms with E-state index in [1.165, 1.54) is 0 Å². The summed E-state index contributed by atoms with van der Waals surface area (Å²) in [7, 11) is 0.